The zero-order valence-electron chi connectivity index (χ0n) is 15.1. The highest BCUT2D eigenvalue weighted by molar-refractivity contribution is 7.18. The van der Waals surface area contributed by atoms with E-state index < -0.39 is 11.9 Å². The highest BCUT2D eigenvalue weighted by Gasteiger charge is 2.18. The molecule has 0 aliphatic rings. The van der Waals surface area contributed by atoms with Gasteiger partial charge in [-0.2, -0.15) is 0 Å². The lowest BCUT2D eigenvalue weighted by Crippen LogP contribution is -2.41. The Kier molecular flexibility index (Phi) is 6.23. The molecule has 0 aliphatic heterocycles. The minimum atomic E-state index is -0.764. The second-order valence-electron chi connectivity index (χ2n) is 5.84. The van der Waals surface area contributed by atoms with Crippen LogP contribution in [0.2, 0.25) is 5.02 Å². The molecule has 0 fully saturated rings. The molecule has 9 heteroatoms. The van der Waals surface area contributed by atoms with E-state index in [1.54, 1.807) is 32.2 Å². The summed E-state index contributed by atoms with van der Waals surface area (Å²) in [5, 5.41) is 14.8. The first kappa shape index (κ1) is 19.8. The zero-order chi connectivity index (χ0) is 20.1. The number of nitrogens with one attached hydrogen (secondary N) is 2. The Morgan fingerprint density at radius 3 is 2.57 bits per heavy atom. The Morgan fingerprint density at radius 1 is 1.14 bits per heavy atom. The molecular weight excluding hydrogens is 400 g/mol. The van der Waals surface area contributed by atoms with Crippen molar-refractivity contribution in [3.05, 3.63) is 59.1 Å². The average Bonchev–Trinajstić information content (AvgIpc) is 3.16. The fourth-order valence-electron chi connectivity index (χ4n) is 2.31. The minimum absolute atomic E-state index is 0.347. The van der Waals surface area contributed by atoms with Crippen LogP contribution in [0.3, 0.4) is 0 Å². The highest BCUT2D eigenvalue weighted by Crippen LogP contribution is 2.27. The van der Waals surface area contributed by atoms with Crippen LogP contribution >= 0.6 is 22.9 Å². The second kappa shape index (κ2) is 8.81. The molecule has 1 aromatic heterocycles. The lowest BCUT2D eigenvalue weighted by Gasteiger charge is -2.12. The molecule has 0 spiro atoms. The van der Waals surface area contributed by atoms with Gasteiger partial charge in [-0.25, -0.2) is 0 Å². The minimum Gasteiger partial charge on any atom is -0.497 e. The van der Waals surface area contributed by atoms with Crippen molar-refractivity contribution in [2.45, 2.75) is 13.0 Å². The molecule has 0 bridgehead atoms. The first-order valence-electron chi connectivity index (χ1n) is 8.31. The summed E-state index contributed by atoms with van der Waals surface area (Å²) in [4.78, 5) is 24.6. The molecule has 2 N–H and O–H groups in total. The third kappa shape index (κ3) is 4.85. The Morgan fingerprint density at radius 2 is 1.89 bits per heavy atom. The molecule has 28 heavy (non-hydrogen) atoms. The van der Waals surface area contributed by atoms with Gasteiger partial charge in [0.2, 0.25) is 11.0 Å². The van der Waals surface area contributed by atoms with Crippen LogP contribution < -0.4 is 15.4 Å². The summed E-state index contributed by atoms with van der Waals surface area (Å²) in [6, 6.07) is 13.1. The summed E-state index contributed by atoms with van der Waals surface area (Å²) in [7, 11) is 1.60. The van der Waals surface area contributed by atoms with E-state index in [0.717, 1.165) is 11.3 Å². The smallest absolute Gasteiger partial charge is 0.251 e. The van der Waals surface area contributed by atoms with Gasteiger partial charge < -0.3 is 10.1 Å². The van der Waals surface area contributed by atoms with E-state index in [1.807, 2.05) is 24.3 Å². The number of ether oxygens (including phenoxy) is 1. The van der Waals surface area contributed by atoms with Gasteiger partial charge in [0.05, 0.1) is 7.11 Å². The lowest BCUT2D eigenvalue weighted by molar-refractivity contribution is -0.117. The molecule has 3 aromatic rings. The van der Waals surface area contributed by atoms with Crippen LogP contribution in [0.25, 0.3) is 10.6 Å². The predicted octanol–water partition coefficient (Wildman–Crippen LogP) is 3.62. The highest BCUT2D eigenvalue weighted by atomic mass is 35.5. The predicted molar refractivity (Wildman–Crippen MR) is 109 cm³/mol. The van der Waals surface area contributed by atoms with E-state index in [1.165, 1.54) is 17.4 Å². The fourth-order valence-corrected chi connectivity index (χ4v) is 3.26. The number of amides is 2. The maximum absolute atomic E-state index is 12.3. The maximum atomic E-state index is 12.3. The van der Waals surface area contributed by atoms with Crippen LogP contribution in [-0.2, 0) is 4.79 Å². The number of carbonyl (C=O) groups is 2. The van der Waals surface area contributed by atoms with Crippen LogP contribution in [0.5, 0.6) is 5.75 Å². The maximum Gasteiger partial charge on any atom is 0.251 e. The average molecular weight is 417 g/mol. The van der Waals surface area contributed by atoms with Gasteiger partial charge in [-0.1, -0.05) is 29.0 Å². The monoisotopic (exact) mass is 416 g/mol. The van der Waals surface area contributed by atoms with Gasteiger partial charge in [-0.15, -0.1) is 10.2 Å². The van der Waals surface area contributed by atoms with Crippen molar-refractivity contribution in [3.8, 4) is 16.3 Å². The molecule has 7 nitrogen and oxygen atoms in total. The van der Waals surface area contributed by atoms with Crippen molar-refractivity contribution in [1.29, 1.82) is 0 Å². The molecule has 0 saturated heterocycles. The van der Waals surface area contributed by atoms with Crippen molar-refractivity contribution >= 4 is 39.9 Å². The number of nitrogens with zero attached hydrogens (tertiary/aromatic N) is 2. The fraction of sp³-hybridized carbons (Fsp3) is 0.158. The molecule has 2 amide bonds. The topological polar surface area (TPSA) is 93.2 Å². The Labute approximate surface area is 170 Å². The molecule has 1 atom stereocenters. The number of methoxy groups -OCH3 is 1. The Balaban J connectivity index is 1.61. The van der Waals surface area contributed by atoms with Crippen LogP contribution in [0, 0.1) is 0 Å². The van der Waals surface area contributed by atoms with Crippen LogP contribution in [-0.4, -0.2) is 35.2 Å². The normalized spacial score (nSPS) is 11.5. The van der Waals surface area contributed by atoms with E-state index in [4.69, 9.17) is 16.3 Å². The van der Waals surface area contributed by atoms with Crippen molar-refractivity contribution in [3.63, 3.8) is 0 Å². The molecule has 1 heterocycles. The van der Waals surface area contributed by atoms with Gasteiger partial charge in [0.15, 0.2) is 0 Å². The van der Waals surface area contributed by atoms with E-state index in [2.05, 4.69) is 20.8 Å². The van der Waals surface area contributed by atoms with Gasteiger partial charge >= 0.3 is 0 Å². The summed E-state index contributed by atoms with van der Waals surface area (Å²) < 4.78 is 5.13. The third-order valence-electron chi connectivity index (χ3n) is 3.82. The van der Waals surface area contributed by atoms with Gasteiger partial charge in [0.1, 0.15) is 16.8 Å². The standard InChI is InChI=1S/C19H17ClN4O3S/c1-11(21-17(26)13-4-3-5-14(20)10-13)16(25)22-19-24-23-18(28-19)12-6-8-15(27-2)9-7-12/h3-11H,1-2H3,(H,21,26)(H,22,24,25)/t11-/m0/s1. The molecule has 2 aromatic carbocycles. The molecule has 3 rings (SSSR count). The van der Waals surface area contributed by atoms with Gasteiger partial charge in [0.25, 0.3) is 5.91 Å². The van der Waals surface area contributed by atoms with Crippen LogP contribution in [0.4, 0.5) is 5.13 Å². The first-order chi connectivity index (χ1) is 13.5. The summed E-state index contributed by atoms with van der Waals surface area (Å²) in [5.41, 5.74) is 1.24. The van der Waals surface area contributed by atoms with E-state index in [-0.39, 0.29) is 5.91 Å². The Bertz CT molecular complexity index is 991. The number of rotatable bonds is 6. The number of hydrogen-bond donors (Lipinski definition) is 2. The van der Waals surface area contributed by atoms with Gasteiger partial charge in [0, 0.05) is 16.1 Å². The summed E-state index contributed by atoms with van der Waals surface area (Å²) in [5.74, 6) is -0.0415. The number of benzene rings is 2. The molecule has 144 valence electrons. The zero-order valence-corrected chi connectivity index (χ0v) is 16.7. The summed E-state index contributed by atoms with van der Waals surface area (Å²) in [6.45, 7) is 1.59. The number of carbonyl (C=O) groups excluding carboxylic acids is 2. The largest absolute Gasteiger partial charge is 0.497 e. The summed E-state index contributed by atoms with van der Waals surface area (Å²) in [6.07, 6.45) is 0. The molecule has 0 aliphatic carbocycles. The quantitative estimate of drug-likeness (QED) is 0.640. The van der Waals surface area contributed by atoms with Crippen molar-refractivity contribution in [2.75, 3.05) is 12.4 Å². The Hall–Kier alpha value is -2.97. The number of aromatic nitrogens is 2. The third-order valence-corrected chi connectivity index (χ3v) is 4.94. The SMILES string of the molecule is COc1ccc(-c2nnc(NC(=O)[C@H](C)NC(=O)c3cccc(Cl)c3)s2)cc1. The number of anilines is 1. The van der Waals surface area contributed by atoms with E-state index in [0.29, 0.717) is 20.7 Å². The second-order valence-corrected chi connectivity index (χ2v) is 7.25. The van der Waals surface area contributed by atoms with Crippen molar-refractivity contribution < 1.29 is 14.3 Å². The lowest BCUT2D eigenvalue weighted by atomic mass is 10.2. The molecule has 0 unspecified atom stereocenters. The van der Waals surface area contributed by atoms with Crippen LogP contribution in [0.15, 0.2) is 48.5 Å². The van der Waals surface area contributed by atoms with Gasteiger partial charge in [-0.05, 0) is 49.4 Å². The molecular formula is C19H17ClN4O3S. The van der Waals surface area contributed by atoms with E-state index in [9.17, 15) is 9.59 Å². The van der Waals surface area contributed by atoms with Crippen LogP contribution in [0.1, 0.15) is 17.3 Å². The van der Waals surface area contributed by atoms with Crippen molar-refractivity contribution in [2.24, 2.45) is 0 Å². The number of halogens is 1. The molecule has 0 saturated carbocycles. The van der Waals surface area contributed by atoms with Crippen molar-refractivity contribution in [1.82, 2.24) is 15.5 Å². The van der Waals surface area contributed by atoms with Gasteiger partial charge in [-0.3, -0.25) is 14.9 Å². The van der Waals surface area contributed by atoms with E-state index >= 15 is 0 Å². The molecule has 0 radical (unpaired) electrons. The summed E-state index contributed by atoms with van der Waals surface area (Å²) >= 11 is 7.12. The number of hydrogen-bond acceptors (Lipinski definition) is 6. The first-order valence-corrected chi connectivity index (χ1v) is 9.51.